The average Bonchev–Trinajstić information content (AvgIpc) is 3.06. The monoisotopic (exact) mass is 422 g/mol. The third-order valence-electron chi connectivity index (χ3n) is 5.57. The molecule has 30 heavy (non-hydrogen) atoms. The Hall–Kier alpha value is -2.58. The van der Waals surface area contributed by atoms with Gasteiger partial charge in [-0.3, -0.25) is 0 Å². The SMILES string of the molecule is COCOc1ccc(C2Oc3c(O)cc(OCOC)cc3C3CC(F)(F)CC32)cc1. The van der Waals surface area contributed by atoms with E-state index in [0.717, 1.165) is 5.56 Å². The molecule has 2 aliphatic rings. The van der Waals surface area contributed by atoms with Gasteiger partial charge in [0, 0.05) is 50.5 Å². The summed E-state index contributed by atoms with van der Waals surface area (Å²) in [5.74, 6) is -2.66. The molecule has 0 saturated heterocycles. The molecule has 1 heterocycles. The van der Waals surface area contributed by atoms with E-state index < -0.39 is 23.9 Å². The van der Waals surface area contributed by atoms with Gasteiger partial charge in [-0.2, -0.15) is 0 Å². The van der Waals surface area contributed by atoms with Crippen LogP contribution in [0.1, 0.15) is 36.0 Å². The Morgan fingerprint density at radius 3 is 2.33 bits per heavy atom. The van der Waals surface area contributed by atoms with Crippen molar-refractivity contribution in [3.8, 4) is 23.0 Å². The lowest BCUT2D eigenvalue weighted by atomic mass is 9.80. The molecule has 2 aromatic carbocycles. The zero-order valence-electron chi connectivity index (χ0n) is 16.8. The number of methoxy groups -OCH3 is 2. The summed E-state index contributed by atoms with van der Waals surface area (Å²) in [4.78, 5) is 0. The number of phenols is 1. The van der Waals surface area contributed by atoms with E-state index in [1.165, 1.54) is 20.3 Å². The van der Waals surface area contributed by atoms with Gasteiger partial charge < -0.3 is 28.8 Å². The van der Waals surface area contributed by atoms with Crippen molar-refractivity contribution >= 4 is 0 Å². The number of aromatic hydroxyl groups is 1. The number of benzene rings is 2. The smallest absolute Gasteiger partial charge is 0.249 e. The first kappa shape index (κ1) is 20.7. The van der Waals surface area contributed by atoms with Crippen molar-refractivity contribution in [2.45, 2.75) is 30.8 Å². The molecule has 1 aliphatic heterocycles. The Morgan fingerprint density at radius 1 is 1.00 bits per heavy atom. The lowest BCUT2D eigenvalue weighted by molar-refractivity contribution is -0.00244. The molecule has 162 valence electrons. The van der Waals surface area contributed by atoms with Gasteiger partial charge in [0.2, 0.25) is 5.92 Å². The largest absolute Gasteiger partial charge is 0.504 e. The minimum atomic E-state index is -2.81. The zero-order valence-corrected chi connectivity index (χ0v) is 16.8. The molecule has 8 heteroatoms. The number of rotatable bonds is 7. The van der Waals surface area contributed by atoms with Crippen molar-refractivity contribution < 1.29 is 37.6 Å². The van der Waals surface area contributed by atoms with Crippen LogP contribution in [-0.4, -0.2) is 38.8 Å². The molecule has 0 aromatic heterocycles. The van der Waals surface area contributed by atoms with Crippen molar-refractivity contribution in [1.29, 1.82) is 0 Å². The summed E-state index contributed by atoms with van der Waals surface area (Å²) in [6.45, 7) is 0.106. The van der Waals surface area contributed by atoms with Crippen LogP contribution in [0.15, 0.2) is 36.4 Å². The molecule has 1 fully saturated rings. The fourth-order valence-electron chi connectivity index (χ4n) is 4.34. The summed E-state index contributed by atoms with van der Waals surface area (Å²) < 4.78 is 55.5. The fraction of sp³-hybridized carbons (Fsp3) is 0.455. The summed E-state index contributed by atoms with van der Waals surface area (Å²) in [6, 6.07) is 10.1. The third-order valence-corrected chi connectivity index (χ3v) is 5.57. The van der Waals surface area contributed by atoms with Crippen molar-refractivity contribution in [2.24, 2.45) is 5.92 Å². The molecule has 3 atom stereocenters. The van der Waals surface area contributed by atoms with E-state index in [1.54, 1.807) is 30.3 Å². The van der Waals surface area contributed by atoms with Gasteiger partial charge in [0.05, 0.1) is 0 Å². The number of phenolic OH excluding ortho intramolecular Hbond substituents is 1. The molecular weight excluding hydrogens is 398 g/mol. The first-order valence-corrected chi connectivity index (χ1v) is 9.66. The Morgan fingerprint density at radius 2 is 1.67 bits per heavy atom. The highest BCUT2D eigenvalue weighted by atomic mass is 19.3. The van der Waals surface area contributed by atoms with Crippen LogP contribution in [0.4, 0.5) is 8.78 Å². The van der Waals surface area contributed by atoms with E-state index in [1.807, 2.05) is 0 Å². The minimum absolute atomic E-state index is 0.0105. The van der Waals surface area contributed by atoms with Gasteiger partial charge in [-0.15, -0.1) is 0 Å². The van der Waals surface area contributed by atoms with Crippen LogP contribution < -0.4 is 14.2 Å². The number of hydrogen-bond acceptors (Lipinski definition) is 6. The Bertz CT molecular complexity index is 886. The highest BCUT2D eigenvalue weighted by molar-refractivity contribution is 5.55. The summed E-state index contributed by atoms with van der Waals surface area (Å²) in [5.41, 5.74) is 1.29. The van der Waals surface area contributed by atoms with Crippen molar-refractivity contribution in [3.05, 3.63) is 47.5 Å². The van der Waals surface area contributed by atoms with Crippen LogP contribution in [0.3, 0.4) is 0 Å². The summed E-state index contributed by atoms with van der Waals surface area (Å²) in [7, 11) is 3.01. The van der Waals surface area contributed by atoms with Crippen LogP contribution in [-0.2, 0) is 9.47 Å². The lowest BCUT2D eigenvalue weighted by Gasteiger charge is -2.36. The molecule has 0 amide bonds. The summed E-state index contributed by atoms with van der Waals surface area (Å²) in [5, 5.41) is 10.5. The Kier molecular flexibility index (Phi) is 5.71. The van der Waals surface area contributed by atoms with E-state index in [9.17, 15) is 13.9 Å². The quantitative estimate of drug-likeness (QED) is 0.657. The van der Waals surface area contributed by atoms with E-state index >= 15 is 0 Å². The number of halogens is 2. The molecular formula is C22H24F2O6. The van der Waals surface area contributed by atoms with Crippen LogP contribution in [0.2, 0.25) is 0 Å². The number of fused-ring (bicyclic) bond motifs is 3. The maximum absolute atomic E-state index is 14.4. The first-order valence-electron chi connectivity index (χ1n) is 9.66. The Labute approximate surface area is 173 Å². The molecule has 0 radical (unpaired) electrons. The molecule has 0 spiro atoms. The van der Waals surface area contributed by atoms with Gasteiger partial charge in [0.1, 0.15) is 17.6 Å². The van der Waals surface area contributed by atoms with Gasteiger partial charge in [-0.1, -0.05) is 12.1 Å². The van der Waals surface area contributed by atoms with E-state index in [2.05, 4.69) is 0 Å². The molecule has 1 aliphatic carbocycles. The Balaban J connectivity index is 1.68. The van der Waals surface area contributed by atoms with Gasteiger partial charge in [-0.05, 0) is 23.8 Å². The van der Waals surface area contributed by atoms with Gasteiger partial charge in [0.25, 0.3) is 0 Å². The second kappa shape index (κ2) is 8.28. The highest BCUT2D eigenvalue weighted by Gasteiger charge is 2.54. The summed E-state index contributed by atoms with van der Waals surface area (Å²) >= 11 is 0. The van der Waals surface area contributed by atoms with Crippen LogP contribution >= 0.6 is 0 Å². The number of ether oxygens (including phenoxy) is 5. The van der Waals surface area contributed by atoms with Crippen molar-refractivity contribution in [1.82, 2.24) is 0 Å². The van der Waals surface area contributed by atoms with Crippen molar-refractivity contribution in [3.63, 3.8) is 0 Å². The highest BCUT2D eigenvalue weighted by Crippen LogP contribution is 2.60. The van der Waals surface area contributed by atoms with Gasteiger partial charge >= 0.3 is 0 Å². The maximum atomic E-state index is 14.4. The normalized spacial score (nSPS) is 23.9. The number of alkyl halides is 2. The van der Waals surface area contributed by atoms with Crippen LogP contribution in [0.25, 0.3) is 0 Å². The molecule has 6 nitrogen and oxygen atoms in total. The lowest BCUT2D eigenvalue weighted by Crippen LogP contribution is -2.27. The molecule has 2 aromatic rings. The zero-order chi connectivity index (χ0) is 21.3. The topological polar surface area (TPSA) is 66.4 Å². The second-order valence-corrected chi connectivity index (χ2v) is 7.60. The molecule has 1 saturated carbocycles. The van der Waals surface area contributed by atoms with E-state index in [4.69, 9.17) is 23.7 Å². The molecule has 4 rings (SSSR count). The predicted octanol–water partition coefficient (Wildman–Crippen LogP) is 4.62. The molecule has 1 N–H and O–H groups in total. The van der Waals surface area contributed by atoms with E-state index in [-0.39, 0.29) is 37.9 Å². The minimum Gasteiger partial charge on any atom is -0.504 e. The standard InChI is InChI=1S/C22H24F2O6/c1-26-11-28-14-5-3-13(4-6-14)20-18-10-22(23,24)9-17(18)16-7-15(29-12-27-2)8-19(25)21(16)30-20/h3-8,17-18,20,25H,9-12H2,1-2H3. The van der Waals surface area contributed by atoms with Crippen molar-refractivity contribution in [2.75, 3.05) is 27.8 Å². The number of hydrogen-bond donors (Lipinski definition) is 1. The fourth-order valence-corrected chi connectivity index (χ4v) is 4.34. The average molecular weight is 422 g/mol. The summed E-state index contributed by atoms with van der Waals surface area (Å²) in [6.07, 6.45) is -1.19. The maximum Gasteiger partial charge on any atom is 0.249 e. The predicted molar refractivity (Wildman–Crippen MR) is 103 cm³/mol. The third kappa shape index (κ3) is 4.02. The first-order chi connectivity index (χ1) is 14.4. The van der Waals surface area contributed by atoms with Gasteiger partial charge in [-0.25, -0.2) is 8.78 Å². The van der Waals surface area contributed by atoms with E-state index in [0.29, 0.717) is 17.1 Å². The van der Waals surface area contributed by atoms with Gasteiger partial charge in [0.15, 0.2) is 25.1 Å². The van der Waals surface area contributed by atoms with Crippen LogP contribution in [0, 0.1) is 5.92 Å². The second-order valence-electron chi connectivity index (χ2n) is 7.60. The molecule has 3 unspecified atom stereocenters. The molecule has 0 bridgehead atoms. The van der Waals surface area contributed by atoms with Crippen LogP contribution in [0.5, 0.6) is 23.0 Å².